The molecule has 2 aromatic heterocycles. The summed E-state index contributed by atoms with van der Waals surface area (Å²) < 4.78 is 44.1. The lowest BCUT2D eigenvalue weighted by molar-refractivity contribution is -0.0472. The summed E-state index contributed by atoms with van der Waals surface area (Å²) in [7, 11) is -2.16. The normalized spacial score (nSPS) is 19.4. The Balaban J connectivity index is 0.00000567. The fourth-order valence-electron chi connectivity index (χ4n) is 9.33. The van der Waals surface area contributed by atoms with Crippen LogP contribution in [0.2, 0.25) is 0 Å². The number of ketones is 1. The number of ether oxygens (including phenoxy) is 2. The molecular formula is C45H61N5O6S. The third-order valence-corrected chi connectivity index (χ3v) is 13.7. The SMILES string of the molecule is CCC1COCC(CC)N1CC(=O)c1cnn(C(C)C)c1C1=Cc2cc(OC)ccc2-c2c(C3CCCCC3)c3ccc(C(=O)NS(=O)(=O)CC(C)C)cc3n2C1.[HH]. The Morgan fingerprint density at radius 3 is 2.35 bits per heavy atom. The molecule has 1 saturated carbocycles. The highest BCUT2D eigenvalue weighted by atomic mass is 32.2. The molecule has 0 bridgehead atoms. The number of nitrogens with zero attached hydrogens (tertiary/aromatic N) is 4. The van der Waals surface area contributed by atoms with Crippen molar-refractivity contribution in [3.05, 3.63) is 70.5 Å². The first-order chi connectivity index (χ1) is 27.3. The van der Waals surface area contributed by atoms with Crippen LogP contribution < -0.4 is 9.46 Å². The molecule has 11 nitrogen and oxygen atoms in total. The number of carbonyl (C=O) groups is 2. The molecule has 1 aliphatic carbocycles. The standard InChI is InChI=1S/C45H59N5O6S.H2/c1-8-34-25-56-26-35(9-2)48(34)24-41(51)39-22-46-50(29(5)6)43(39)33-19-32-20-36(55-7)16-18-37(32)44-42(30-13-11-10-12-14-30)38-17-15-31(21-40(38)49(44)23-33)45(52)47-57(53,54)27-28(3)4;/h15-22,28-30,34-35H,8-14,23-27H2,1-7H3,(H,47,52);1H. The summed E-state index contributed by atoms with van der Waals surface area (Å²) in [4.78, 5) is 30.6. The second-order valence-electron chi connectivity index (χ2n) is 16.8. The largest absolute Gasteiger partial charge is 0.497 e. The molecule has 1 saturated heterocycles. The van der Waals surface area contributed by atoms with Crippen LogP contribution >= 0.6 is 0 Å². The average molecular weight is 800 g/mol. The van der Waals surface area contributed by atoms with E-state index in [1.807, 2.05) is 36.7 Å². The van der Waals surface area contributed by atoms with Gasteiger partial charge in [-0.1, -0.05) is 53.0 Å². The van der Waals surface area contributed by atoms with Crippen LogP contribution in [-0.2, 0) is 21.3 Å². The van der Waals surface area contributed by atoms with E-state index in [0.717, 1.165) is 83.3 Å². The molecule has 1 amide bonds. The number of hydrogen-bond donors (Lipinski definition) is 1. The molecule has 57 heavy (non-hydrogen) atoms. The van der Waals surface area contributed by atoms with Crippen LogP contribution in [0.4, 0.5) is 0 Å². The summed E-state index contributed by atoms with van der Waals surface area (Å²) in [5.74, 6) is 0.139. The Labute approximate surface area is 339 Å². The van der Waals surface area contributed by atoms with Gasteiger partial charge in [0, 0.05) is 41.6 Å². The van der Waals surface area contributed by atoms with Gasteiger partial charge in [-0.15, -0.1) is 0 Å². The van der Waals surface area contributed by atoms with Crippen molar-refractivity contribution in [1.29, 1.82) is 0 Å². The zero-order valence-electron chi connectivity index (χ0n) is 34.6. The highest BCUT2D eigenvalue weighted by Gasteiger charge is 2.35. The summed E-state index contributed by atoms with van der Waals surface area (Å²) in [5, 5.41) is 5.91. The lowest BCUT2D eigenvalue weighted by atomic mass is 9.81. The molecule has 2 aromatic carbocycles. The van der Waals surface area contributed by atoms with Gasteiger partial charge in [-0.05, 0) is 104 Å². The van der Waals surface area contributed by atoms with Crippen LogP contribution in [0.15, 0.2) is 42.6 Å². The summed E-state index contributed by atoms with van der Waals surface area (Å²) in [5.41, 5.74) is 7.76. The van der Waals surface area contributed by atoms with Crippen molar-refractivity contribution in [3.8, 4) is 17.0 Å². The van der Waals surface area contributed by atoms with E-state index in [1.54, 1.807) is 19.4 Å². The molecule has 0 radical (unpaired) electrons. The van der Waals surface area contributed by atoms with E-state index in [2.05, 4.69) is 60.1 Å². The minimum absolute atomic E-state index is 0. The number of methoxy groups -OCH3 is 1. The molecule has 3 aliphatic rings. The maximum Gasteiger partial charge on any atom is 0.264 e. The van der Waals surface area contributed by atoms with Gasteiger partial charge in [0.05, 0.1) is 62.3 Å². The highest BCUT2D eigenvalue weighted by molar-refractivity contribution is 7.90. The van der Waals surface area contributed by atoms with E-state index >= 15 is 0 Å². The quantitative estimate of drug-likeness (QED) is 0.133. The minimum Gasteiger partial charge on any atom is -0.497 e. The number of Topliss-reactive ketones (excluding diaryl/α,β-unsaturated/α-hetero) is 1. The molecule has 2 aliphatic heterocycles. The lowest BCUT2D eigenvalue weighted by Crippen LogP contribution is -2.53. The van der Waals surface area contributed by atoms with Crippen molar-refractivity contribution in [2.24, 2.45) is 5.92 Å². The van der Waals surface area contributed by atoms with Crippen molar-refractivity contribution in [1.82, 2.24) is 24.0 Å². The number of fused-ring (bicyclic) bond motifs is 5. The number of allylic oxidation sites excluding steroid dienone is 1. The number of nitrogens with one attached hydrogen (secondary N) is 1. The second kappa shape index (κ2) is 16.9. The summed E-state index contributed by atoms with van der Waals surface area (Å²) in [6, 6.07) is 12.1. The maximum atomic E-state index is 14.7. The Kier molecular flexibility index (Phi) is 12.1. The van der Waals surface area contributed by atoms with E-state index in [4.69, 9.17) is 14.6 Å². The van der Waals surface area contributed by atoms with Crippen LogP contribution in [0.3, 0.4) is 0 Å². The molecule has 2 atom stereocenters. The van der Waals surface area contributed by atoms with Gasteiger partial charge in [0.15, 0.2) is 5.78 Å². The van der Waals surface area contributed by atoms with Gasteiger partial charge in [0.25, 0.3) is 5.91 Å². The molecule has 2 unspecified atom stereocenters. The number of rotatable bonds is 13. The van der Waals surface area contributed by atoms with Crippen molar-refractivity contribution < 1.29 is 28.9 Å². The molecule has 1 N–H and O–H groups in total. The van der Waals surface area contributed by atoms with Gasteiger partial charge in [-0.3, -0.25) is 19.2 Å². The number of sulfonamides is 1. The van der Waals surface area contributed by atoms with Gasteiger partial charge in [0.2, 0.25) is 10.0 Å². The Morgan fingerprint density at radius 1 is 0.982 bits per heavy atom. The fraction of sp³-hybridized carbons (Fsp3) is 0.533. The van der Waals surface area contributed by atoms with Crippen LogP contribution in [0, 0.1) is 5.92 Å². The van der Waals surface area contributed by atoms with Gasteiger partial charge >= 0.3 is 0 Å². The van der Waals surface area contributed by atoms with E-state index in [1.165, 1.54) is 12.0 Å². The minimum atomic E-state index is -3.83. The summed E-state index contributed by atoms with van der Waals surface area (Å²) in [6.45, 7) is 14.0. The van der Waals surface area contributed by atoms with E-state index in [-0.39, 0.29) is 49.1 Å². The number of hydrogen-bond acceptors (Lipinski definition) is 8. The zero-order chi connectivity index (χ0) is 40.6. The smallest absolute Gasteiger partial charge is 0.264 e. The zero-order valence-corrected chi connectivity index (χ0v) is 35.5. The first-order valence-electron chi connectivity index (χ1n) is 20.9. The predicted octanol–water partition coefficient (Wildman–Crippen LogP) is 8.73. The Morgan fingerprint density at radius 2 is 1.70 bits per heavy atom. The van der Waals surface area contributed by atoms with E-state index in [9.17, 15) is 18.0 Å². The van der Waals surface area contributed by atoms with Crippen molar-refractivity contribution >= 4 is 44.3 Å². The molecule has 4 aromatic rings. The third-order valence-electron chi connectivity index (χ3n) is 12.1. The van der Waals surface area contributed by atoms with Crippen LogP contribution in [0.5, 0.6) is 5.75 Å². The molecule has 2 fully saturated rings. The number of amides is 1. The fourth-order valence-corrected chi connectivity index (χ4v) is 10.7. The van der Waals surface area contributed by atoms with Crippen LogP contribution in [0.25, 0.3) is 33.8 Å². The van der Waals surface area contributed by atoms with Gasteiger partial charge in [-0.2, -0.15) is 5.10 Å². The third kappa shape index (κ3) is 8.23. The molecule has 4 heterocycles. The van der Waals surface area contributed by atoms with Gasteiger partial charge < -0.3 is 14.0 Å². The monoisotopic (exact) mass is 799 g/mol. The average Bonchev–Trinajstić information content (AvgIpc) is 3.72. The Bertz CT molecular complexity index is 2270. The topological polar surface area (TPSA) is 125 Å². The number of benzene rings is 2. The Hall–Kier alpha value is -4.26. The first kappa shape index (κ1) is 40.9. The van der Waals surface area contributed by atoms with Crippen molar-refractivity contribution in [2.75, 3.05) is 32.6 Å². The van der Waals surface area contributed by atoms with E-state index in [0.29, 0.717) is 31.2 Å². The maximum absolute atomic E-state index is 14.7. The first-order valence-corrected chi connectivity index (χ1v) is 22.5. The molecule has 12 heteroatoms. The molecule has 0 spiro atoms. The lowest BCUT2D eigenvalue weighted by Gasteiger charge is -2.41. The number of carbonyl (C=O) groups excluding carboxylic acids is 2. The predicted molar refractivity (Wildman–Crippen MR) is 228 cm³/mol. The number of morpholine rings is 1. The second-order valence-corrected chi connectivity index (χ2v) is 18.6. The van der Waals surface area contributed by atoms with Crippen LogP contribution in [-0.4, -0.2) is 84.1 Å². The van der Waals surface area contributed by atoms with Crippen molar-refractivity contribution in [3.63, 3.8) is 0 Å². The van der Waals surface area contributed by atoms with E-state index < -0.39 is 15.9 Å². The van der Waals surface area contributed by atoms with Gasteiger partial charge in [0.1, 0.15) is 5.75 Å². The molecule has 308 valence electrons. The number of aromatic nitrogens is 3. The molecule has 7 rings (SSSR count). The van der Waals surface area contributed by atoms with Crippen molar-refractivity contribution in [2.45, 2.75) is 117 Å². The van der Waals surface area contributed by atoms with Crippen LogP contribution in [0.1, 0.15) is 137 Å². The highest BCUT2D eigenvalue weighted by Crippen LogP contribution is 2.48. The summed E-state index contributed by atoms with van der Waals surface area (Å²) in [6.07, 6.45) is 11.3. The van der Waals surface area contributed by atoms with Gasteiger partial charge in [-0.25, -0.2) is 13.1 Å². The molecular weight excluding hydrogens is 739 g/mol. The summed E-state index contributed by atoms with van der Waals surface area (Å²) >= 11 is 0.